The molecule has 6 heteroatoms. The summed E-state index contributed by atoms with van der Waals surface area (Å²) >= 11 is 0. The van der Waals surface area contributed by atoms with Crippen LogP contribution in [0, 0.1) is 13.8 Å². The highest BCUT2D eigenvalue weighted by atomic mass is 127. The van der Waals surface area contributed by atoms with Crippen molar-refractivity contribution in [2.24, 2.45) is 4.99 Å². The van der Waals surface area contributed by atoms with Crippen molar-refractivity contribution >= 4 is 29.9 Å². The molecule has 2 aliphatic rings. The number of piperidine rings is 1. The van der Waals surface area contributed by atoms with Crippen LogP contribution in [0.1, 0.15) is 42.8 Å². The fourth-order valence-corrected chi connectivity index (χ4v) is 3.27. The van der Waals surface area contributed by atoms with Gasteiger partial charge in [-0.05, 0) is 45.6 Å². The molecule has 1 aromatic heterocycles. The molecule has 130 valence electrons. The second-order valence-corrected chi connectivity index (χ2v) is 6.55. The van der Waals surface area contributed by atoms with E-state index in [1.807, 2.05) is 20.9 Å². The Morgan fingerprint density at radius 2 is 1.96 bits per heavy atom. The SMILES string of the molecule is CN=C(NCc1cc(C)oc1C)NC1CCN(C2CC2)CC1.I. The minimum Gasteiger partial charge on any atom is -0.466 e. The van der Waals surface area contributed by atoms with E-state index in [-0.39, 0.29) is 24.0 Å². The first kappa shape index (κ1) is 18.6. The Labute approximate surface area is 156 Å². The molecule has 0 amide bonds. The lowest BCUT2D eigenvalue weighted by Gasteiger charge is -2.33. The number of guanidine groups is 1. The highest BCUT2D eigenvalue weighted by Gasteiger charge is 2.31. The summed E-state index contributed by atoms with van der Waals surface area (Å²) < 4.78 is 5.56. The number of hydrogen-bond acceptors (Lipinski definition) is 3. The van der Waals surface area contributed by atoms with E-state index in [1.165, 1.54) is 44.3 Å². The van der Waals surface area contributed by atoms with Crippen molar-refractivity contribution in [3.8, 4) is 0 Å². The van der Waals surface area contributed by atoms with Crippen molar-refractivity contribution in [1.29, 1.82) is 0 Å². The van der Waals surface area contributed by atoms with Crippen LogP contribution in [0.2, 0.25) is 0 Å². The monoisotopic (exact) mass is 432 g/mol. The van der Waals surface area contributed by atoms with E-state index >= 15 is 0 Å². The zero-order chi connectivity index (χ0) is 15.5. The quantitative estimate of drug-likeness (QED) is 0.437. The van der Waals surface area contributed by atoms with Gasteiger partial charge in [-0.25, -0.2) is 0 Å². The van der Waals surface area contributed by atoms with Gasteiger partial charge < -0.3 is 20.0 Å². The van der Waals surface area contributed by atoms with E-state index in [1.54, 1.807) is 0 Å². The fraction of sp³-hybridized carbons (Fsp3) is 0.706. The smallest absolute Gasteiger partial charge is 0.191 e. The molecule has 1 aliphatic heterocycles. The molecule has 0 aromatic carbocycles. The summed E-state index contributed by atoms with van der Waals surface area (Å²) in [4.78, 5) is 7.00. The minimum atomic E-state index is 0. The van der Waals surface area contributed by atoms with E-state index < -0.39 is 0 Å². The maximum atomic E-state index is 5.56. The highest BCUT2D eigenvalue weighted by molar-refractivity contribution is 14.0. The van der Waals surface area contributed by atoms with Crippen molar-refractivity contribution in [3.05, 3.63) is 23.2 Å². The van der Waals surface area contributed by atoms with Crippen LogP contribution in [0.25, 0.3) is 0 Å². The van der Waals surface area contributed by atoms with Crippen molar-refractivity contribution in [2.45, 2.75) is 58.2 Å². The third-order valence-corrected chi connectivity index (χ3v) is 4.75. The van der Waals surface area contributed by atoms with Gasteiger partial charge in [0, 0.05) is 44.3 Å². The van der Waals surface area contributed by atoms with Gasteiger partial charge in [0.1, 0.15) is 11.5 Å². The number of furan rings is 1. The Bertz CT molecular complexity index is 531. The lowest BCUT2D eigenvalue weighted by atomic mass is 10.1. The molecular formula is C17H29IN4O. The molecule has 0 radical (unpaired) electrons. The van der Waals surface area contributed by atoms with Crippen LogP contribution in [-0.2, 0) is 6.54 Å². The first-order chi connectivity index (χ1) is 10.7. The number of aliphatic imine (C=N–C) groups is 1. The summed E-state index contributed by atoms with van der Waals surface area (Å²) in [7, 11) is 1.84. The van der Waals surface area contributed by atoms with Crippen LogP contribution < -0.4 is 10.6 Å². The van der Waals surface area contributed by atoms with E-state index in [9.17, 15) is 0 Å². The van der Waals surface area contributed by atoms with E-state index in [0.717, 1.165) is 30.1 Å². The zero-order valence-electron chi connectivity index (χ0n) is 14.4. The molecule has 2 N–H and O–H groups in total. The summed E-state index contributed by atoms with van der Waals surface area (Å²) in [5, 5.41) is 6.96. The van der Waals surface area contributed by atoms with Crippen molar-refractivity contribution in [1.82, 2.24) is 15.5 Å². The average Bonchev–Trinajstić information content (AvgIpc) is 3.30. The second kappa shape index (κ2) is 8.37. The summed E-state index contributed by atoms with van der Waals surface area (Å²) in [5.74, 6) is 2.84. The number of halogens is 1. The molecule has 1 saturated heterocycles. The maximum Gasteiger partial charge on any atom is 0.191 e. The van der Waals surface area contributed by atoms with Crippen LogP contribution in [0.3, 0.4) is 0 Å². The molecule has 2 heterocycles. The van der Waals surface area contributed by atoms with Gasteiger partial charge >= 0.3 is 0 Å². The highest BCUT2D eigenvalue weighted by Crippen LogP contribution is 2.29. The molecule has 0 atom stereocenters. The zero-order valence-corrected chi connectivity index (χ0v) is 16.7. The van der Waals surface area contributed by atoms with Gasteiger partial charge in [-0.1, -0.05) is 0 Å². The average molecular weight is 432 g/mol. The largest absolute Gasteiger partial charge is 0.466 e. The van der Waals surface area contributed by atoms with Gasteiger partial charge in [0.2, 0.25) is 0 Å². The fourth-order valence-electron chi connectivity index (χ4n) is 3.27. The summed E-state index contributed by atoms with van der Waals surface area (Å²) in [6.07, 6.45) is 5.23. The number of hydrogen-bond donors (Lipinski definition) is 2. The van der Waals surface area contributed by atoms with Crippen LogP contribution in [0.4, 0.5) is 0 Å². The van der Waals surface area contributed by atoms with Gasteiger partial charge in [-0.3, -0.25) is 4.99 Å². The predicted molar refractivity (Wildman–Crippen MR) is 105 cm³/mol. The van der Waals surface area contributed by atoms with E-state index in [4.69, 9.17) is 4.42 Å². The van der Waals surface area contributed by atoms with Gasteiger partial charge in [0.15, 0.2) is 5.96 Å². The molecule has 23 heavy (non-hydrogen) atoms. The Hall–Kier alpha value is -0.760. The molecule has 3 rings (SSSR count). The minimum absolute atomic E-state index is 0. The van der Waals surface area contributed by atoms with Crippen LogP contribution in [0.5, 0.6) is 0 Å². The number of rotatable bonds is 4. The number of likely N-dealkylation sites (tertiary alicyclic amines) is 1. The number of nitrogens with one attached hydrogen (secondary N) is 2. The summed E-state index contributed by atoms with van der Waals surface area (Å²) in [6, 6.07) is 3.52. The predicted octanol–water partition coefficient (Wildman–Crippen LogP) is 2.81. The van der Waals surface area contributed by atoms with Crippen molar-refractivity contribution in [2.75, 3.05) is 20.1 Å². The molecule has 1 saturated carbocycles. The van der Waals surface area contributed by atoms with Crippen LogP contribution in [0.15, 0.2) is 15.5 Å². The Kier molecular flexibility index (Phi) is 6.76. The third kappa shape index (κ3) is 5.11. The number of nitrogens with zero attached hydrogens (tertiary/aromatic N) is 2. The van der Waals surface area contributed by atoms with Gasteiger partial charge in [0.25, 0.3) is 0 Å². The lowest BCUT2D eigenvalue weighted by Crippen LogP contribution is -2.48. The van der Waals surface area contributed by atoms with Crippen molar-refractivity contribution in [3.63, 3.8) is 0 Å². The molecule has 0 bridgehead atoms. The lowest BCUT2D eigenvalue weighted by molar-refractivity contribution is 0.197. The van der Waals surface area contributed by atoms with Crippen LogP contribution >= 0.6 is 24.0 Å². The maximum absolute atomic E-state index is 5.56. The molecular weight excluding hydrogens is 403 g/mol. The normalized spacial score (nSPS) is 20.2. The summed E-state index contributed by atoms with van der Waals surface area (Å²) in [5.41, 5.74) is 1.20. The molecule has 0 unspecified atom stereocenters. The van der Waals surface area contributed by atoms with E-state index in [0.29, 0.717) is 6.04 Å². The first-order valence-electron chi connectivity index (χ1n) is 8.43. The topological polar surface area (TPSA) is 52.8 Å². The Balaban J connectivity index is 0.00000192. The van der Waals surface area contributed by atoms with Gasteiger partial charge in [-0.15, -0.1) is 24.0 Å². The van der Waals surface area contributed by atoms with E-state index in [2.05, 4.69) is 26.6 Å². The third-order valence-electron chi connectivity index (χ3n) is 4.75. The molecule has 5 nitrogen and oxygen atoms in total. The molecule has 2 fully saturated rings. The van der Waals surface area contributed by atoms with Gasteiger partial charge in [-0.2, -0.15) is 0 Å². The Morgan fingerprint density at radius 1 is 1.26 bits per heavy atom. The first-order valence-corrected chi connectivity index (χ1v) is 8.43. The van der Waals surface area contributed by atoms with Crippen molar-refractivity contribution < 1.29 is 4.42 Å². The molecule has 1 aliphatic carbocycles. The van der Waals surface area contributed by atoms with Gasteiger partial charge in [0.05, 0.1) is 0 Å². The second-order valence-electron chi connectivity index (χ2n) is 6.55. The standard InChI is InChI=1S/C17H28N4O.HI/c1-12-10-14(13(2)22-12)11-19-17(18-3)20-15-6-8-21(9-7-15)16-4-5-16;/h10,15-16H,4-9,11H2,1-3H3,(H2,18,19,20);1H. The molecule has 1 aromatic rings. The Morgan fingerprint density at radius 3 is 2.48 bits per heavy atom. The van der Waals surface area contributed by atoms with Crippen LogP contribution in [-0.4, -0.2) is 43.1 Å². The molecule has 0 spiro atoms. The summed E-state index contributed by atoms with van der Waals surface area (Å²) in [6.45, 7) is 7.19. The number of aryl methyl sites for hydroxylation is 2.